The molecule has 0 saturated carbocycles. The van der Waals surface area contributed by atoms with E-state index < -0.39 is 0 Å². The zero-order valence-corrected chi connectivity index (χ0v) is 25.2. The first-order valence-corrected chi connectivity index (χ1v) is 13.0. The van der Waals surface area contributed by atoms with Crippen molar-refractivity contribution in [2.45, 2.75) is 0 Å². The van der Waals surface area contributed by atoms with E-state index in [-0.39, 0.29) is 41.3 Å². The number of hydrogen-bond acceptors (Lipinski definition) is 6. The van der Waals surface area contributed by atoms with Gasteiger partial charge in [0.25, 0.3) is 0 Å². The number of fused-ring (bicyclic) bond motifs is 20. The van der Waals surface area contributed by atoms with E-state index in [1.165, 1.54) is 0 Å². The van der Waals surface area contributed by atoms with Crippen LogP contribution in [0.2, 0.25) is 0 Å². The summed E-state index contributed by atoms with van der Waals surface area (Å²) in [5, 5.41) is 3.82. The van der Waals surface area contributed by atoms with Crippen LogP contribution in [0.5, 0.6) is 0 Å². The average Bonchev–Trinajstić information content (AvgIpc) is 3.73. The molecule has 41 heavy (non-hydrogen) atoms. The predicted molar refractivity (Wildman–Crippen MR) is 156 cm³/mol. The molecule has 0 saturated heterocycles. The molecule has 2 aliphatic rings. The molecular weight excluding hydrogens is 637 g/mol. The van der Waals surface area contributed by atoms with Crippen molar-refractivity contribution in [3.05, 3.63) is 97.1 Å². The van der Waals surface area contributed by atoms with Crippen molar-refractivity contribution in [2.75, 3.05) is 0 Å². The Hall–Kier alpha value is -4.40. The third-order valence-electron chi connectivity index (χ3n) is 7.46. The second-order valence-corrected chi connectivity index (χ2v) is 9.79. The molecule has 0 aliphatic carbocycles. The van der Waals surface area contributed by atoms with E-state index >= 15 is 0 Å². The zero-order chi connectivity index (χ0) is 26.2. The fourth-order valence-electron chi connectivity index (χ4n) is 5.59. The Kier molecular flexibility index (Phi) is 5.55. The number of nitrogens with zero attached hydrogens (tertiary/aromatic N) is 6. The van der Waals surface area contributed by atoms with Gasteiger partial charge in [-0.2, -0.15) is 0 Å². The molecule has 4 aromatic carbocycles. The van der Waals surface area contributed by atoms with Gasteiger partial charge in [0.05, 0.1) is 0 Å². The monoisotopic (exact) mass is 655 g/mol. The summed E-state index contributed by atoms with van der Waals surface area (Å²) in [7, 11) is 0. The van der Waals surface area contributed by atoms with Crippen LogP contribution < -0.4 is 0 Å². The van der Waals surface area contributed by atoms with Gasteiger partial charge in [-0.3, -0.25) is 0 Å². The van der Waals surface area contributed by atoms with Crippen LogP contribution in [0.1, 0.15) is 0 Å². The SMILES string of the molecule is [Pr].c1ccc2c(c1)-c1nc-2nc2[nH]c(nc3nc(nc4[nH]c(n1)c1ccccc41)-c1ccccc1-3)c1ccccc21. The number of benzene rings is 4. The maximum Gasteiger partial charge on any atom is 0.164 e. The van der Waals surface area contributed by atoms with E-state index in [4.69, 9.17) is 29.9 Å². The average molecular weight is 655 g/mol. The number of aromatic nitrogens is 8. The Bertz CT molecular complexity index is 2030. The molecule has 5 heterocycles. The number of nitrogens with one attached hydrogen (secondary N) is 2. The molecule has 7 aromatic rings. The molecule has 0 amide bonds. The Morgan fingerprint density at radius 1 is 0.317 bits per heavy atom. The first-order valence-electron chi connectivity index (χ1n) is 13.0. The van der Waals surface area contributed by atoms with Crippen molar-refractivity contribution in [3.63, 3.8) is 0 Å². The molecule has 0 atom stereocenters. The molecular formula is C32H18N8Pr. The molecule has 0 fully saturated rings. The summed E-state index contributed by atoms with van der Waals surface area (Å²) in [6, 6.07) is 32.2. The quantitative estimate of drug-likeness (QED) is 0.185. The van der Waals surface area contributed by atoms with Gasteiger partial charge in [-0.25, -0.2) is 29.9 Å². The number of hydrogen-bond donors (Lipinski definition) is 2. The normalized spacial score (nSPS) is 11.7. The first-order chi connectivity index (χ1) is 19.8. The van der Waals surface area contributed by atoms with E-state index in [9.17, 15) is 0 Å². The van der Waals surface area contributed by atoms with Crippen LogP contribution in [0, 0.1) is 41.3 Å². The zero-order valence-electron chi connectivity index (χ0n) is 21.5. The molecule has 2 N–H and O–H groups in total. The molecule has 9 rings (SSSR count). The summed E-state index contributed by atoms with van der Waals surface area (Å²) in [6.07, 6.45) is 0. The standard InChI is InChI=1S/C32H18N8.Pr/c1-2-10-18-17(9-1)25-33-26(18)38-28-21-13-5-6-14-22(21)30(35-28)40-32-24-16-8-7-15-23(24)31(36-32)39-29-20-12-4-3-11-19(20)27(34-29)37-25;/h1-16H,(H2,33,34,35,36,37,38,39,40);. The van der Waals surface area contributed by atoms with Crippen molar-refractivity contribution in [1.82, 2.24) is 39.9 Å². The number of H-pyrrole nitrogens is 2. The summed E-state index contributed by atoms with van der Waals surface area (Å²) in [6.45, 7) is 0. The van der Waals surface area contributed by atoms with Crippen LogP contribution in [-0.2, 0) is 0 Å². The molecule has 1 radical (unpaired) electrons. The summed E-state index contributed by atoms with van der Waals surface area (Å²) in [5.41, 5.74) is 6.45. The summed E-state index contributed by atoms with van der Waals surface area (Å²) < 4.78 is 0. The third kappa shape index (κ3) is 3.75. The first kappa shape index (κ1) is 24.4. The second-order valence-electron chi connectivity index (χ2n) is 9.79. The van der Waals surface area contributed by atoms with Crippen LogP contribution in [0.15, 0.2) is 97.1 Å². The van der Waals surface area contributed by atoms with Crippen molar-refractivity contribution < 1.29 is 41.3 Å². The van der Waals surface area contributed by atoms with Gasteiger partial charge >= 0.3 is 0 Å². The van der Waals surface area contributed by atoms with Gasteiger partial charge in [0.1, 0.15) is 22.6 Å². The maximum absolute atomic E-state index is 5.02. The Morgan fingerprint density at radius 2 is 0.561 bits per heavy atom. The second kappa shape index (κ2) is 9.33. The summed E-state index contributed by atoms with van der Waals surface area (Å²) >= 11 is 0. The van der Waals surface area contributed by atoms with E-state index in [0.717, 1.165) is 43.8 Å². The van der Waals surface area contributed by atoms with Crippen molar-refractivity contribution in [3.8, 4) is 45.6 Å². The van der Waals surface area contributed by atoms with Gasteiger partial charge in [-0.15, -0.1) is 0 Å². The molecule has 3 aromatic heterocycles. The smallest absolute Gasteiger partial charge is 0.164 e. The molecule has 8 nitrogen and oxygen atoms in total. The minimum absolute atomic E-state index is 0. The molecule has 2 aliphatic heterocycles. The van der Waals surface area contributed by atoms with Crippen molar-refractivity contribution >= 4 is 44.1 Å². The Balaban J connectivity index is 0.00000256. The van der Waals surface area contributed by atoms with Crippen LogP contribution in [0.4, 0.5) is 0 Å². The molecule has 0 unspecified atom stereocenters. The number of rotatable bonds is 0. The fraction of sp³-hybridized carbons (Fsp3) is 0. The van der Waals surface area contributed by atoms with Gasteiger partial charge in [0, 0.05) is 85.1 Å². The van der Waals surface area contributed by atoms with E-state index in [1.807, 2.05) is 97.1 Å². The Morgan fingerprint density at radius 3 is 0.829 bits per heavy atom. The Labute approximate surface area is 266 Å². The van der Waals surface area contributed by atoms with E-state index in [2.05, 4.69) is 9.97 Å². The van der Waals surface area contributed by atoms with Gasteiger partial charge in [-0.1, -0.05) is 97.1 Å². The third-order valence-corrected chi connectivity index (χ3v) is 7.46. The summed E-state index contributed by atoms with van der Waals surface area (Å²) in [4.78, 5) is 36.8. The van der Waals surface area contributed by atoms with Crippen LogP contribution in [-0.4, -0.2) is 39.9 Å². The molecule has 0 spiro atoms. The van der Waals surface area contributed by atoms with Crippen LogP contribution in [0.3, 0.4) is 0 Å². The van der Waals surface area contributed by atoms with E-state index in [0.29, 0.717) is 45.9 Å². The van der Waals surface area contributed by atoms with Crippen molar-refractivity contribution in [1.29, 1.82) is 0 Å². The minimum atomic E-state index is 0. The molecule has 8 bridgehead atoms. The maximum atomic E-state index is 5.02. The molecule has 189 valence electrons. The fourth-order valence-corrected chi connectivity index (χ4v) is 5.59. The minimum Gasteiger partial charge on any atom is -0.324 e. The van der Waals surface area contributed by atoms with Gasteiger partial charge in [-0.05, 0) is 0 Å². The van der Waals surface area contributed by atoms with Gasteiger partial charge in [0.15, 0.2) is 23.3 Å². The number of aromatic amines is 2. The van der Waals surface area contributed by atoms with Crippen molar-refractivity contribution in [2.24, 2.45) is 0 Å². The predicted octanol–water partition coefficient (Wildman–Crippen LogP) is 6.87. The largest absolute Gasteiger partial charge is 0.324 e. The van der Waals surface area contributed by atoms with E-state index in [1.54, 1.807) is 0 Å². The van der Waals surface area contributed by atoms with Gasteiger partial charge < -0.3 is 9.97 Å². The summed E-state index contributed by atoms with van der Waals surface area (Å²) in [5.74, 6) is 2.39. The van der Waals surface area contributed by atoms with Crippen LogP contribution in [0.25, 0.3) is 89.7 Å². The molecule has 9 heteroatoms. The van der Waals surface area contributed by atoms with Crippen LogP contribution >= 0.6 is 0 Å². The van der Waals surface area contributed by atoms with Gasteiger partial charge in [0.2, 0.25) is 0 Å². The topological polar surface area (TPSA) is 109 Å².